The second kappa shape index (κ2) is 12.4. The third kappa shape index (κ3) is 5.05. The molecule has 3 saturated heterocycles. The van der Waals surface area contributed by atoms with Gasteiger partial charge < -0.3 is 24.4 Å². The van der Waals surface area contributed by atoms with Crippen molar-refractivity contribution >= 4 is 34.2 Å². The number of hydrogen-bond donors (Lipinski definition) is 1. The molecule has 8 heteroatoms. The fourth-order valence-corrected chi connectivity index (χ4v) is 7.22. The first kappa shape index (κ1) is 30.0. The number of amides is 2. The topological polar surface area (TPSA) is 96.4 Å². The number of likely N-dealkylation sites (tertiary alicyclic amines) is 1. The van der Waals surface area contributed by atoms with Crippen LogP contribution < -0.4 is 4.90 Å². The highest BCUT2D eigenvalue weighted by Gasteiger charge is 2.75. The molecule has 2 bridgehead atoms. The predicted octanol–water partition coefficient (Wildman–Crippen LogP) is 4.65. The van der Waals surface area contributed by atoms with E-state index in [9.17, 15) is 19.5 Å². The van der Waals surface area contributed by atoms with Gasteiger partial charge in [0.2, 0.25) is 5.91 Å². The van der Waals surface area contributed by atoms with Crippen molar-refractivity contribution in [2.24, 2.45) is 17.8 Å². The molecule has 1 spiro atoms. The number of hydrogen-bond acceptors (Lipinski definition) is 6. The van der Waals surface area contributed by atoms with Gasteiger partial charge in [-0.1, -0.05) is 56.3 Å². The highest BCUT2D eigenvalue weighted by Crippen LogP contribution is 2.59. The van der Waals surface area contributed by atoms with Crippen LogP contribution in [0, 0.1) is 17.8 Å². The molecule has 6 atom stereocenters. The third-order valence-electron chi connectivity index (χ3n) is 9.23. The van der Waals surface area contributed by atoms with Crippen molar-refractivity contribution < 1.29 is 29.0 Å². The number of allylic oxidation sites excluding steroid dienone is 1. The molecule has 3 aliphatic heterocycles. The minimum atomic E-state index is -1.18. The maximum absolute atomic E-state index is 14.7. The lowest BCUT2D eigenvalue weighted by molar-refractivity contribution is -0.156. The molecule has 2 amide bonds. The van der Waals surface area contributed by atoms with E-state index < -0.39 is 41.6 Å². The number of aliphatic hydroxyl groups is 1. The summed E-state index contributed by atoms with van der Waals surface area (Å²) in [6.07, 6.45) is 6.43. The van der Waals surface area contributed by atoms with E-state index in [1.165, 1.54) is 4.90 Å². The molecule has 0 aliphatic carbocycles. The number of rotatable bonds is 13. The zero-order chi connectivity index (χ0) is 30.0. The van der Waals surface area contributed by atoms with Gasteiger partial charge >= 0.3 is 5.97 Å². The van der Waals surface area contributed by atoms with Gasteiger partial charge in [-0.15, -0.1) is 13.2 Å². The number of unbranched alkanes of at least 4 members (excludes halogenated alkanes) is 2. The summed E-state index contributed by atoms with van der Waals surface area (Å²) in [5.74, 6) is -2.85. The van der Waals surface area contributed by atoms with Gasteiger partial charge in [0.15, 0.2) is 0 Å². The molecule has 1 N–H and O–H groups in total. The summed E-state index contributed by atoms with van der Waals surface area (Å²) in [7, 11) is 0. The summed E-state index contributed by atoms with van der Waals surface area (Å²) in [4.78, 5) is 45.7. The monoisotopic (exact) mass is 574 g/mol. The maximum Gasteiger partial charge on any atom is 0.312 e. The zero-order valence-corrected chi connectivity index (χ0v) is 24.6. The van der Waals surface area contributed by atoms with Crippen LogP contribution in [0.3, 0.4) is 0 Å². The van der Waals surface area contributed by atoms with Gasteiger partial charge in [-0.2, -0.15) is 0 Å². The summed E-state index contributed by atoms with van der Waals surface area (Å²) in [6, 6.07) is 12.1. The summed E-state index contributed by atoms with van der Waals surface area (Å²) >= 11 is 0. The molecule has 224 valence electrons. The minimum absolute atomic E-state index is 0.134. The van der Waals surface area contributed by atoms with E-state index in [4.69, 9.17) is 9.47 Å². The number of esters is 1. The van der Waals surface area contributed by atoms with Gasteiger partial charge in [-0.3, -0.25) is 14.4 Å². The molecule has 3 fully saturated rings. The average molecular weight is 575 g/mol. The lowest BCUT2D eigenvalue weighted by Gasteiger charge is -2.40. The van der Waals surface area contributed by atoms with Gasteiger partial charge in [-0.05, 0) is 60.9 Å². The largest absolute Gasteiger partial charge is 0.465 e. The third-order valence-corrected chi connectivity index (χ3v) is 9.23. The fraction of sp³-hybridized carbons (Fsp3) is 0.500. The quantitative estimate of drug-likeness (QED) is 0.213. The van der Waals surface area contributed by atoms with Crippen LogP contribution in [0.25, 0.3) is 10.8 Å². The number of fused-ring (bicyclic) bond motifs is 2. The lowest BCUT2D eigenvalue weighted by atomic mass is 9.70. The molecule has 2 unspecified atom stereocenters. The summed E-state index contributed by atoms with van der Waals surface area (Å²) < 4.78 is 12.2. The number of ether oxygens (including phenoxy) is 2. The first-order chi connectivity index (χ1) is 20.3. The first-order valence-corrected chi connectivity index (χ1v) is 15.1. The predicted molar refractivity (Wildman–Crippen MR) is 162 cm³/mol. The summed E-state index contributed by atoms with van der Waals surface area (Å²) in [5, 5.41) is 12.5. The smallest absolute Gasteiger partial charge is 0.312 e. The molecule has 2 aromatic carbocycles. The number of benzene rings is 2. The number of nitrogens with zero attached hydrogens (tertiary/aromatic N) is 2. The highest BCUT2D eigenvalue weighted by molar-refractivity contribution is 6.05. The summed E-state index contributed by atoms with van der Waals surface area (Å²) in [5.41, 5.74) is -0.497. The molecule has 0 radical (unpaired) electrons. The average Bonchev–Trinajstić information content (AvgIpc) is 3.63. The van der Waals surface area contributed by atoms with Gasteiger partial charge in [0.25, 0.3) is 5.91 Å². The van der Waals surface area contributed by atoms with Crippen LogP contribution in [0.15, 0.2) is 67.8 Å². The van der Waals surface area contributed by atoms with Crippen molar-refractivity contribution in [3.05, 3.63) is 67.8 Å². The van der Waals surface area contributed by atoms with Crippen molar-refractivity contribution in [2.45, 2.75) is 69.7 Å². The van der Waals surface area contributed by atoms with Crippen LogP contribution in [-0.2, 0) is 23.9 Å². The number of carbonyl (C=O) groups excluding carboxylic acids is 3. The van der Waals surface area contributed by atoms with E-state index in [2.05, 4.69) is 13.2 Å². The minimum Gasteiger partial charge on any atom is -0.465 e. The molecule has 5 rings (SSSR count). The molecule has 0 saturated carbocycles. The number of carbonyl (C=O) groups is 3. The SMILES string of the molecule is C=CCCCCOC(=O)[C@@H]1[C@H]2C(=O)N([C@@H](CO)C(C)C)C(C(=O)N(CC=C)c3ccc4ccccc4c3)C23CC[C@H]1O3. The van der Waals surface area contributed by atoms with E-state index in [0.29, 0.717) is 24.9 Å². The standard InChI is InChI=1S/C34H42N2O6/c1-5-7-8-11-19-41-33(40)28-27-16-17-34(42-27)29(28)31(38)36(26(21-37)22(3)4)30(34)32(39)35(18-6-2)25-15-14-23-12-9-10-13-24(23)20-25/h5-6,9-10,12-15,20,22,26-30,37H,1-2,7-8,11,16-19,21H2,3-4H3/t26-,27+,28-,29-,30?,34?/m0/s1. The van der Waals surface area contributed by atoms with E-state index >= 15 is 0 Å². The van der Waals surface area contributed by atoms with E-state index in [0.717, 1.165) is 23.6 Å². The zero-order valence-electron chi connectivity index (χ0n) is 24.6. The Bertz CT molecular complexity index is 1360. The Balaban J connectivity index is 1.52. The molecule has 42 heavy (non-hydrogen) atoms. The maximum atomic E-state index is 14.7. The van der Waals surface area contributed by atoms with Crippen LogP contribution in [-0.4, -0.2) is 71.3 Å². The number of anilines is 1. The van der Waals surface area contributed by atoms with E-state index in [1.807, 2.05) is 62.4 Å². The Kier molecular flexibility index (Phi) is 8.85. The molecule has 0 aromatic heterocycles. The van der Waals surface area contributed by atoms with Crippen molar-refractivity contribution in [1.82, 2.24) is 4.90 Å². The van der Waals surface area contributed by atoms with Crippen LogP contribution in [0.4, 0.5) is 5.69 Å². The van der Waals surface area contributed by atoms with Crippen molar-refractivity contribution in [2.75, 3.05) is 24.7 Å². The molecule has 8 nitrogen and oxygen atoms in total. The highest BCUT2D eigenvalue weighted by atomic mass is 16.6. The molecule has 3 heterocycles. The Labute approximate surface area is 248 Å². The second-order valence-electron chi connectivity index (χ2n) is 12.0. The summed E-state index contributed by atoms with van der Waals surface area (Å²) in [6.45, 7) is 11.6. The lowest BCUT2D eigenvalue weighted by Crippen LogP contribution is -2.59. The molecular weight excluding hydrogens is 532 g/mol. The van der Waals surface area contributed by atoms with Gasteiger partial charge in [0, 0.05) is 12.2 Å². The second-order valence-corrected chi connectivity index (χ2v) is 12.0. The fourth-order valence-electron chi connectivity index (χ4n) is 7.22. The van der Waals surface area contributed by atoms with Crippen LogP contribution in [0.5, 0.6) is 0 Å². The van der Waals surface area contributed by atoms with Crippen LogP contribution in [0.2, 0.25) is 0 Å². The van der Waals surface area contributed by atoms with E-state index in [1.54, 1.807) is 11.0 Å². The van der Waals surface area contributed by atoms with Crippen molar-refractivity contribution in [3.63, 3.8) is 0 Å². The molecule has 2 aromatic rings. The van der Waals surface area contributed by atoms with E-state index in [-0.39, 0.29) is 37.5 Å². The van der Waals surface area contributed by atoms with Crippen LogP contribution >= 0.6 is 0 Å². The Morgan fingerprint density at radius 1 is 1.17 bits per heavy atom. The Hall–Kier alpha value is -3.49. The normalized spacial score (nSPS) is 26.9. The van der Waals surface area contributed by atoms with Gasteiger partial charge in [-0.25, -0.2) is 0 Å². The number of aliphatic hydroxyl groups excluding tert-OH is 1. The van der Waals surface area contributed by atoms with Crippen LogP contribution in [0.1, 0.15) is 46.0 Å². The Morgan fingerprint density at radius 3 is 2.62 bits per heavy atom. The molecule has 3 aliphatic rings. The molecular formula is C34H42N2O6. The van der Waals surface area contributed by atoms with Crippen molar-refractivity contribution in [3.8, 4) is 0 Å². The van der Waals surface area contributed by atoms with Gasteiger partial charge in [0.1, 0.15) is 11.6 Å². The first-order valence-electron chi connectivity index (χ1n) is 15.1. The Morgan fingerprint density at radius 2 is 1.93 bits per heavy atom. The van der Waals surface area contributed by atoms with Gasteiger partial charge in [0.05, 0.1) is 37.2 Å². The van der Waals surface area contributed by atoms with Crippen molar-refractivity contribution in [1.29, 1.82) is 0 Å².